The molecule has 0 aliphatic heterocycles. The topological polar surface area (TPSA) is 0 Å². The van der Waals surface area contributed by atoms with Crippen LogP contribution in [0.25, 0.3) is 0 Å². The van der Waals surface area contributed by atoms with E-state index in [1.165, 1.54) is 0 Å². The summed E-state index contributed by atoms with van der Waals surface area (Å²) in [5.41, 5.74) is 0. The van der Waals surface area contributed by atoms with Crippen LogP contribution in [0.3, 0.4) is 0 Å². The molecule has 0 rings (SSSR count). The van der Waals surface area contributed by atoms with E-state index in [0.717, 1.165) is 0 Å². The van der Waals surface area contributed by atoms with Gasteiger partial charge in [0, 0.05) is 10.5 Å². The van der Waals surface area contributed by atoms with Crippen LogP contribution >= 0.6 is 27.5 Å². The first-order valence-corrected chi connectivity index (χ1v) is 17.6. The Morgan fingerprint density at radius 1 is 0.643 bits per heavy atom. The number of hydrogen-bond acceptors (Lipinski definition) is 4. The molecule has 0 saturated heterocycles. The second kappa shape index (κ2) is 6.90. The van der Waals surface area contributed by atoms with E-state index in [1.54, 1.807) is 0 Å². The second-order valence-corrected chi connectivity index (χ2v) is 31.0. The maximum atomic E-state index is 5.27. The van der Waals surface area contributed by atoms with Crippen LogP contribution in [-0.2, 0) is 35.4 Å². The van der Waals surface area contributed by atoms with Gasteiger partial charge in [-0.05, 0) is 46.7 Å². The third-order valence-corrected chi connectivity index (χ3v) is 14.2. The van der Waals surface area contributed by atoms with E-state index in [0.29, 0.717) is 0 Å². The minimum atomic E-state index is -1.09. The molecular formula is C7H21P3S4. The van der Waals surface area contributed by atoms with Crippen molar-refractivity contribution in [1.82, 2.24) is 0 Å². The van der Waals surface area contributed by atoms with Gasteiger partial charge < -0.3 is 0 Å². The fraction of sp³-hybridized carbons (Fsp3) is 1.00. The van der Waals surface area contributed by atoms with Crippen LogP contribution in [-0.4, -0.2) is 46.7 Å². The fourth-order valence-corrected chi connectivity index (χ4v) is 22.9. The molecule has 0 radical (unpaired) electrons. The summed E-state index contributed by atoms with van der Waals surface area (Å²) in [6, 6.07) is -0.806. The van der Waals surface area contributed by atoms with Gasteiger partial charge in [0.1, 0.15) is 0 Å². The predicted molar refractivity (Wildman–Crippen MR) is 91.9 cm³/mol. The zero-order valence-electron chi connectivity index (χ0n) is 9.97. The van der Waals surface area contributed by atoms with Gasteiger partial charge in [-0.3, -0.25) is 0 Å². The molecule has 0 aromatic carbocycles. The van der Waals surface area contributed by atoms with E-state index in [1.807, 2.05) is 11.0 Å². The van der Waals surface area contributed by atoms with Crippen molar-refractivity contribution >= 4 is 62.9 Å². The van der Waals surface area contributed by atoms with Gasteiger partial charge in [0.25, 0.3) is 0 Å². The first-order valence-electron chi connectivity index (χ1n) is 4.04. The lowest BCUT2D eigenvalue weighted by Crippen LogP contribution is -1.67. The van der Waals surface area contributed by atoms with Crippen LogP contribution in [0.5, 0.6) is 0 Å². The third-order valence-electron chi connectivity index (χ3n) is 0.393. The lowest BCUT2D eigenvalue weighted by Gasteiger charge is -2.15. The molecule has 0 atom stereocenters. The van der Waals surface area contributed by atoms with E-state index in [-0.39, 0.29) is 0 Å². The van der Waals surface area contributed by atoms with Crippen LogP contribution in [0, 0.1) is 0 Å². The average Bonchev–Trinajstić information content (AvgIpc) is 1.42. The molecule has 0 nitrogen and oxygen atoms in total. The highest BCUT2D eigenvalue weighted by atomic mass is 33.2. The van der Waals surface area contributed by atoms with Gasteiger partial charge in [0.2, 0.25) is 0 Å². The maximum absolute atomic E-state index is 5.27. The van der Waals surface area contributed by atoms with Crippen molar-refractivity contribution < 1.29 is 0 Å². The summed E-state index contributed by atoms with van der Waals surface area (Å²) in [4.78, 5) is 0. The Kier molecular flexibility index (Phi) is 9.19. The summed E-state index contributed by atoms with van der Waals surface area (Å²) in [6.07, 6.45) is 0. The van der Waals surface area contributed by atoms with Gasteiger partial charge in [-0.1, -0.05) is 52.5 Å². The molecule has 14 heavy (non-hydrogen) atoms. The highest BCUT2D eigenvalue weighted by Crippen LogP contribution is 2.71. The summed E-state index contributed by atoms with van der Waals surface area (Å²) >= 11 is 17.3. The standard InChI is InChI=1S/C4H12P2S3.C3H9PS/c1-5(2,7)9-6(3,4)8;1-4(2,3)5/h1-4H3;1-3H3. The Bertz CT molecular complexity index is 264. The SMILES string of the molecule is CP(C)(=S)SP(C)(C)=S.CP(C)(C)=S. The molecule has 0 fully saturated rings. The van der Waals surface area contributed by atoms with Gasteiger partial charge in [-0.2, -0.15) is 0 Å². The van der Waals surface area contributed by atoms with Crippen molar-refractivity contribution in [3.63, 3.8) is 0 Å². The van der Waals surface area contributed by atoms with Crippen molar-refractivity contribution in [2.45, 2.75) is 0 Å². The summed E-state index contributed by atoms with van der Waals surface area (Å²) in [5.74, 6) is 0. The smallest absolute Gasteiger partial charge is 0.00599 e. The van der Waals surface area contributed by atoms with Crippen molar-refractivity contribution in [2.75, 3.05) is 46.7 Å². The second-order valence-electron chi connectivity index (χ2n) is 4.48. The number of rotatable bonds is 2. The van der Waals surface area contributed by atoms with Crippen LogP contribution in [0.4, 0.5) is 0 Å². The molecule has 0 aromatic heterocycles. The Morgan fingerprint density at radius 2 is 0.786 bits per heavy atom. The van der Waals surface area contributed by atoms with Gasteiger partial charge in [-0.25, -0.2) is 0 Å². The molecule has 0 N–H and O–H groups in total. The molecular weight excluding hydrogens is 305 g/mol. The molecule has 0 aromatic rings. The minimum Gasteiger partial charge on any atom is -0.0983 e. The molecule has 0 aliphatic rings. The summed E-state index contributed by atoms with van der Waals surface area (Å²) in [7, 11) is 0. The maximum Gasteiger partial charge on any atom is 0.00599 e. The lowest BCUT2D eigenvalue weighted by atomic mass is 11.9. The molecule has 7 heteroatoms. The van der Waals surface area contributed by atoms with E-state index in [2.05, 4.69) is 46.7 Å². The highest BCUT2D eigenvalue weighted by Gasteiger charge is 2.10. The van der Waals surface area contributed by atoms with Crippen molar-refractivity contribution in [2.24, 2.45) is 0 Å². The third kappa shape index (κ3) is 36.7. The van der Waals surface area contributed by atoms with Gasteiger partial charge in [0.05, 0.1) is 0 Å². The molecule has 0 unspecified atom stereocenters. The summed E-state index contributed by atoms with van der Waals surface area (Å²) in [5, 5.41) is -2.18. The molecule has 0 spiro atoms. The first kappa shape index (κ1) is 18.7. The molecule has 0 bridgehead atoms. The Balaban J connectivity index is 0. The van der Waals surface area contributed by atoms with Crippen molar-refractivity contribution in [3.05, 3.63) is 0 Å². The molecule has 0 aliphatic carbocycles. The lowest BCUT2D eigenvalue weighted by molar-refractivity contribution is 2.12. The minimum absolute atomic E-state index is 0.806. The van der Waals surface area contributed by atoms with Gasteiger partial charge in [0.15, 0.2) is 0 Å². The monoisotopic (exact) mass is 326 g/mol. The van der Waals surface area contributed by atoms with Crippen LogP contribution < -0.4 is 0 Å². The zero-order valence-corrected chi connectivity index (χ0v) is 15.9. The molecule has 88 valence electrons. The normalized spacial score (nSPS) is 13.1. The van der Waals surface area contributed by atoms with Gasteiger partial charge >= 0.3 is 0 Å². The average molecular weight is 326 g/mol. The highest BCUT2D eigenvalue weighted by molar-refractivity contribution is 8.99. The largest absolute Gasteiger partial charge is 0.0983 e. The molecule has 0 saturated carbocycles. The summed E-state index contributed by atoms with van der Waals surface area (Å²) < 4.78 is 0. The summed E-state index contributed by atoms with van der Waals surface area (Å²) in [6.45, 7) is 14.9. The fourth-order valence-electron chi connectivity index (χ4n) is 0.474. The van der Waals surface area contributed by atoms with Crippen LogP contribution in [0.1, 0.15) is 0 Å². The number of hydrogen-bond donors (Lipinski definition) is 0. The van der Waals surface area contributed by atoms with E-state index in [4.69, 9.17) is 35.4 Å². The van der Waals surface area contributed by atoms with E-state index >= 15 is 0 Å². The van der Waals surface area contributed by atoms with E-state index in [9.17, 15) is 0 Å². The predicted octanol–water partition coefficient (Wildman–Crippen LogP) is 4.38. The first-order chi connectivity index (χ1) is 5.71. The molecule has 0 amide bonds. The Morgan fingerprint density at radius 3 is 0.786 bits per heavy atom. The molecule has 0 heterocycles. The zero-order chi connectivity index (χ0) is 12.2. The Hall–Kier alpha value is 2.30. The van der Waals surface area contributed by atoms with Crippen LogP contribution in [0.2, 0.25) is 0 Å². The van der Waals surface area contributed by atoms with Crippen molar-refractivity contribution in [3.8, 4) is 0 Å². The Labute approximate surface area is 109 Å². The quantitative estimate of drug-likeness (QED) is 0.690. The van der Waals surface area contributed by atoms with Crippen molar-refractivity contribution in [1.29, 1.82) is 0 Å². The van der Waals surface area contributed by atoms with Gasteiger partial charge in [-0.15, -0.1) is 0 Å². The van der Waals surface area contributed by atoms with E-state index < -0.39 is 16.5 Å². The van der Waals surface area contributed by atoms with Crippen LogP contribution in [0.15, 0.2) is 0 Å².